The summed E-state index contributed by atoms with van der Waals surface area (Å²) in [5.74, 6) is 2.50. The third-order valence-electron chi connectivity index (χ3n) is 3.32. The van der Waals surface area contributed by atoms with Crippen LogP contribution in [-0.2, 0) is 9.53 Å². The first-order valence-electron chi connectivity index (χ1n) is 6.41. The molecule has 1 aliphatic heterocycles. The summed E-state index contributed by atoms with van der Waals surface area (Å²) in [4.78, 5) is 14.2. The minimum atomic E-state index is 0.237. The predicted molar refractivity (Wildman–Crippen MR) is 70.3 cm³/mol. The normalized spacial score (nSPS) is 23.9. The van der Waals surface area contributed by atoms with E-state index < -0.39 is 0 Å². The van der Waals surface area contributed by atoms with E-state index in [2.05, 4.69) is 5.32 Å². The van der Waals surface area contributed by atoms with Gasteiger partial charge in [0.2, 0.25) is 5.91 Å². The van der Waals surface area contributed by atoms with Crippen LogP contribution in [0.5, 0.6) is 0 Å². The Morgan fingerprint density at radius 1 is 1.47 bits per heavy atom. The number of hydrogen-bond donors (Lipinski definition) is 1. The molecule has 1 atom stereocenters. The Labute approximate surface area is 107 Å². The third kappa shape index (κ3) is 4.16. The Morgan fingerprint density at radius 2 is 2.29 bits per heavy atom. The first-order chi connectivity index (χ1) is 8.31. The molecule has 1 unspecified atom stereocenters. The zero-order chi connectivity index (χ0) is 12.1. The van der Waals surface area contributed by atoms with E-state index in [4.69, 9.17) is 4.74 Å². The van der Waals surface area contributed by atoms with Crippen molar-refractivity contribution in [1.82, 2.24) is 10.2 Å². The van der Waals surface area contributed by atoms with Gasteiger partial charge in [0.1, 0.15) is 0 Å². The average Bonchev–Trinajstić information content (AvgIpc) is 3.02. The molecule has 0 aromatic rings. The Morgan fingerprint density at radius 3 is 2.88 bits per heavy atom. The smallest absolute Gasteiger partial charge is 0.236 e. The van der Waals surface area contributed by atoms with Gasteiger partial charge in [-0.1, -0.05) is 0 Å². The highest BCUT2D eigenvalue weighted by molar-refractivity contribution is 7.99. The number of carbonyl (C=O) groups is 1. The highest BCUT2D eigenvalue weighted by Crippen LogP contribution is 2.23. The third-order valence-corrected chi connectivity index (χ3v) is 4.47. The number of nitrogens with one attached hydrogen (secondary N) is 1. The number of methoxy groups -OCH3 is 1. The van der Waals surface area contributed by atoms with Crippen LogP contribution in [0.3, 0.4) is 0 Å². The summed E-state index contributed by atoms with van der Waals surface area (Å²) in [7, 11) is 1.69. The Balaban J connectivity index is 1.80. The molecule has 17 heavy (non-hydrogen) atoms. The fourth-order valence-electron chi connectivity index (χ4n) is 2.09. The molecule has 2 rings (SSSR count). The van der Waals surface area contributed by atoms with Gasteiger partial charge in [0.15, 0.2) is 0 Å². The number of ether oxygens (including phenoxy) is 1. The van der Waals surface area contributed by atoms with Gasteiger partial charge in [0.05, 0.1) is 13.2 Å². The molecule has 1 N–H and O–H groups in total. The maximum atomic E-state index is 12.2. The van der Waals surface area contributed by atoms with E-state index in [0.29, 0.717) is 25.2 Å². The summed E-state index contributed by atoms with van der Waals surface area (Å²) < 4.78 is 5.10. The molecule has 1 amide bonds. The van der Waals surface area contributed by atoms with E-state index >= 15 is 0 Å². The van der Waals surface area contributed by atoms with E-state index in [0.717, 1.165) is 18.7 Å². The molecular weight excluding hydrogens is 236 g/mol. The van der Waals surface area contributed by atoms with Crippen LogP contribution in [0, 0.1) is 0 Å². The summed E-state index contributed by atoms with van der Waals surface area (Å²) in [6.07, 6.45) is 3.58. The molecule has 1 heterocycles. The molecule has 0 spiro atoms. The second-order valence-corrected chi connectivity index (χ2v) is 5.90. The van der Waals surface area contributed by atoms with E-state index in [9.17, 15) is 4.79 Å². The van der Waals surface area contributed by atoms with Gasteiger partial charge in [-0.25, -0.2) is 0 Å². The number of rotatable bonds is 7. The molecule has 0 aromatic carbocycles. The van der Waals surface area contributed by atoms with Crippen LogP contribution in [0.1, 0.15) is 19.3 Å². The molecule has 0 radical (unpaired) electrons. The fourth-order valence-corrected chi connectivity index (χ4v) is 3.31. The number of amides is 1. The van der Waals surface area contributed by atoms with E-state index in [1.807, 2.05) is 16.7 Å². The molecule has 2 fully saturated rings. The van der Waals surface area contributed by atoms with Gasteiger partial charge in [-0.3, -0.25) is 4.79 Å². The van der Waals surface area contributed by atoms with Crippen molar-refractivity contribution >= 4 is 17.7 Å². The maximum Gasteiger partial charge on any atom is 0.236 e. The Hall–Kier alpha value is -0.260. The lowest BCUT2D eigenvalue weighted by atomic mass is 10.2. The van der Waals surface area contributed by atoms with Crippen molar-refractivity contribution in [3.8, 4) is 0 Å². The van der Waals surface area contributed by atoms with Gasteiger partial charge < -0.3 is 15.0 Å². The average molecular weight is 258 g/mol. The van der Waals surface area contributed by atoms with Crippen LogP contribution in [0.25, 0.3) is 0 Å². The minimum Gasteiger partial charge on any atom is -0.383 e. The van der Waals surface area contributed by atoms with Gasteiger partial charge in [-0.15, -0.1) is 0 Å². The summed E-state index contributed by atoms with van der Waals surface area (Å²) >= 11 is 1.94. The predicted octanol–water partition coefficient (Wildman–Crippen LogP) is 0.719. The van der Waals surface area contributed by atoms with Crippen molar-refractivity contribution in [1.29, 1.82) is 0 Å². The van der Waals surface area contributed by atoms with Gasteiger partial charge in [-0.2, -0.15) is 11.8 Å². The van der Waals surface area contributed by atoms with Crippen molar-refractivity contribution in [2.75, 3.05) is 38.3 Å². The lowest BCUT2D eigenvalue weighted by Crippen LogP contribution is -2.46. The van der Waals surface area contributed by atoms with Crippen LogP contribution in [0.15, 0.2) is 0 Å². The van der Waals surface area contributed by atoms with Gasteiger partial charge >= 0.3 is 0 Å². The van der Waals surface area contributed by atoms with Crippen LogP contribution < -0.4 is 5.32 Å². The molecule has 0 aromatic heterocycles. The molecule has 1 saturated heterocycles. The molecule has 5 heteroatoms. The van der Waals surface area contributed by atoms with E-state index in [1.165, 1.54) is 18.6 Å². The Bertz CT molecular complexity index is 253. The SMILES string of the molecule is COCCN(C(=O)CNC1CC1)C1CCSC1. The Kier molecular flexibility index (Phi) is 5.13. The number of hydrogen-bond acceptors (Lipinski definition) is 4. The largest absolute Gasteiger partial charge is 0.383 e. The van der Waals surface area contributed by atoms with Crippen LogP contribution in [0.4, 0.5) is 0 Å². The lowest BCUT2D eigenvalue weighted by molar-refractivity contribution is -0.132. The standard InChI is InChI=1S/C12H22N2O2S/c1-16-6-5-14(11-4-7-17-9-11)12(15)8-13-10-2-3-10/h10-11,13H,2-9H2,1H3. The van der Waals surface area contributed by atoms with Crippen LogP contribution in [-0.4, -0.2) is 61.2 Å². The van der Waals surface area contributed by atoms with Gasteiger partial charge in [-0.05, 0) is 25.0 Å². The quantitative estimate of drug-likeness (QED) is 0.730. The molecular formula is C12H22N2O2S. The minimum absolute atomic E-state index is 0.237. The fraction of sp³-hybridized carbons (Fsp3) is 0.917. The number of thioether (sulfide) groups is 1. The summed E-state index contributed by atoms with van der Waals surface area (Å²) in [6.45, 7) is 1.86. The van der Waals surface area contributed by atoms with Crippen LogP contribution in [0.2, 0.25) is 0 Å². The monoisotopic (exact) mass is 258 g/mol. The highest BCUT2D eigenvalue weighted by atomic mass is 32.2. The number of carbonyl (C=O) groups excluding carboxylic acids is 1. The van der Waals surface area contributed by atoms with E-state index in [1.54, 1.807) is 7.11 Å². The first-order valence-corrected chi connectivity index (χ1v) is 7.56. The van der Waals surface area contributed by atoms with Crippen molar-refractivity contribution in [3.05, 3.63) is 0 Å². The molecule has 4 nitrogen and oxygen atoms in total. The van der Waals surface area contributed by atoms with Crippen LogP contribution >= 0.6 is 11.8 Å². The second-order valence-electron chi connectivity index (χ2n) is 4.75. The van der Waals surface area contributed by atoms with Crippen molar-refractivity contribution < 1.29 is 9.53 Å². The van der Waals surface area contributed by atoms with Crippen molar-refractivity contribution in [2.45, 2.75) is 31.3 Å². The zero-order valence-electron chi connectivity index (χ0n) is 10.5. The zero-order valence-corrected chi connectivity index (χ0v) is 11.3. The number of nitrogens with zero attached hydrogens (tertiary/aromatic N) is 1. The summed E-state index contributed by atoms with van der Waals surface area (Å²) in [6, 6.07) is 1.02. The molecule has 2 aliphatic rings. The van der Waals surface area contributed by atoms with Crippen molar-refractivity contribution in [3.63, 3.8) is 0 Å². The second kappa shape index (κ2) is 6.61. The van der Waals surface area contributed by atoms with Gasteiger partial charge in [0.25, 0.3) is 0 Å². The molecule has 0 bridgehead atoms. The summed E-state index contributed by atoms with van der Waals surface area (Å²) in [5, 5.41) is 3.30. The first kappa shape index (κ1) is 13.2. The topological polar surface area (TPSA) is 41.6 Å². The maximum absolute atomic E-state index is 12.2. The van der Waals surface area contributed by atoms with E-state index in [-0.39, 0.29) is 5.91 Å². The molecule has 1 aliphatic carbocycles. The van der Waals surface area contributed by atoms with Crippen molar-refractivity contribution in [2.24, 2.45) is 0 Å². The lowest BCUT2D eigenvalue weighted by Gasteiger charge is -2.28. The molecule has 1 saturated carbocycles. The highest BCUT2D eigenvalue weighted by Gasteiger charge is 2.28. The van der Waals surface area contributed by atoms with Gasteiger partial charge in [0, 0.05) is 31.5 Å². The molecule has 98 valence electrons. The summed E-state index contributed by atoms with van der Waals surface area (Å²) in [5.41, 5.74) is 0.